The van der Waals surface area contributed by atoms with E-state index in [0.29, 0.717) is 13.0 Å². The van der Waals surface area contributed by atoms with E-state index in [2.05, 4.69) is 16.0 Å². The van der Waals surface area contributed by atoms with Gasteiger partial charge in [0.05, 0.1) is 28.9 Å². The summed E-state index contributed by atoms with van der Waals surface area (Å²) in [5.74, 6) is -1.74. The van der Waals surface area contributed by atoms with Crippen molar-refractivity contribution in [2.45, 2.75) is 43.9 Å². The molecule has 1 fully saturated rings. The number of fused-ring (bicyclic) bond motifs is 2. The van der Waals surface area contributed by atoms with Crippen LogP contribution in [0.4, 0.5) is 25.4 Å². The first-order chi connectivity index (χ1) is 18.5. The summed E-state index contributed by atoms with van der Waals surface area (Å²) in [7, 11) is 1.48. The fourth-order valence-corrected chi connectivity index (χ4v) is 5.06. The lowest BCUT2D eigenvalue weighted by molar-refractivity contribution is -0.142. The molecule has 39 heavy (non-hydrogen) atoms. The number of likely N-dealkylation sites (tertiary alicyclic amines) is 1. The van der Waals surface area contributed by atoms with Crippen molar-refractivity contribution < 1.29 is 38.1 Å². The van der Waals surface area contributed by atoms with Crippen LogP contribution in [-0.4, -0.2) is 66.4 Å². The molecule has 2 aliphatic rings. The predicted molar refractivity (Wildman–Crippen MR) is 139 cm³/mol. The van der Waals surface area contributed by atoms with Gasteiger partial charge in [-0.1, -0.05) is 11.6 Å². The highest BCUT2D eigenvalue weighted by atomic mass is 35.5. The molecule has 2 aromatic carbocycles. The van der Waals surface area contributed by atoms with E-state index in [1.165, 1.54) is 48.4 Å². The highest BCUT2D eigenvalue weighted by Crippen LogP contribution is 2.45. The Hall–Kier alpha value is -3.90. The second-order valence-corrected chi connectivity index (χ2v) is 9.88. The maximum Gasteiger partial charge on any atom is 0.412 e. The summed E-state index contributed by atoms with van der Waals surface area (Å²) in [6, 6.07) is 7.52. The quantitative estimate of drug-likeness (QED) is 0.396. The van der Waals surface area contributed by atoms with E-state index in [0.717, 1.165) is 0 Å². The van der Waals surface area contributed by atoms with Crippen molar-refractivity contribution in [1.82, 2.24) is 10.2 Å². The molecule has 0 aromatic heterocycles. The minimum atomic E-state index is -1.45. The van der Waals surface area contributed by atoms with E-state index >= 15 is 4.39 Å². The van der Waals surface area contributed by atoms with E-state index in [1.807, 2.05) is 0 Å². The molecule has 0 saturated carbocycles. The number of nitrogens with one attached hydrogen (secondary N) is 3. The number of amides is 4. The van der Waals surface area contributed by atoms with Crippen molar-refractivity contribution >= 4 is 47.0 Å². The van der Waals surface area contributed by atoms with Gasteiger partial charge in [-0.15, -0.1) is 0 Å². The number of benzene rings is 2. The molecule has 0 radical (unpaired) electrons. The van der Waals surface area contributed by atoms with Gasteiger partial charge in [-0.05, 0) is 56.2 Å². The monoisotopic (exact) mass is 562 g/mol. The number of nitrogens with zero attached hydrogens (tertiary/aromatic N) is 1. The smallest absolute Gasteiger partial charge is 0.412 e. The molecule has 1 saturated heterocycles. The van der Waals surface area contributed by atoms with Crippen LogP contribution in [0.2, 0.25) is 5.02 Å². The summed E-state index contributed by atoms with van der Waals surface area (Å²) in [5, 5.41) is 16.1. The molecule has 13 heteroatoms. The average Bonchev–Trinajstić information content (AvgIpc) is 2.89. The molecule has 2 heterocycles. The van der Waals surface area contributed by atoms with Crippen LogP contribution in [0.1, 0.15) is 42.1 Å². The first-order valence-corrected chi connectivity index (χ1v) is 12.6. The number of ether oxygens (including phenoxy) is 2. The van der Waals surface area contributed by atoms with Crippen LogP contribution >= 0.6 is 11.6 Å². The van der Waals surface area contributed by atoms with Crippen LogP contribution in [0.5, 0.6) is 0 Å². The van der Waals surface area contributed by atoms with Crippen molar-refractivity contribution in [2.24, 2.45) is 0 Å². The zero-order valence-corrected chi connectivity index (χ0v) is 22.0. The molecular weight excluding hydrogens is 535 g/mol. The minimum Gasteiger partial charge on any atom is -0.465 e. The van der Waals surface area contributed by atoms with E-state index in [9.17, 15) is 19.2 Å². The molecule has 4 rings (SSSR count). The lowest BCUT2D eigenvalue weighted by Gasteiger charge is -2.45. The maximum absolute atomic E-state index is 15.2. The van der Waals surface area contributed by atoms with Gasteiger partial charge in [0.2, 0.25) is 5.91 Å². The Kier molecular flexibility index (Phi) is 8.26. The third-order valence-electron chi connectivity index (χ3n) is 6.81. The number of carbonyl (C=O) groups is 4. The van der Waals surface area contributed by atoms with Gasteiger partial charge in [-0.3, -0.25) is 20.2 Å². The van der Waals surface area contributed by atoms with E-state index < -0.39 is 47.6 Å². The summed E-state index contributed by atoms with van der Waals surface area (Å²) in [6.45, 7) is 1.91. The Bertz CT molecular complexity index is 1290. The number of carboxylic acid groups (broad SMARTS) is 1. The summed E-state index contributed by atoms with van der Waals surface area (Å²) < 4.78 is 26.2. The Morgan fingerprint density at radius 2 is 1.97 bits per heavy atom. The number of hydrogen-bond donors (Lipinski definition) is 4. The molecular formula is C26H28ClFN4O7. The van der Waals surface area contributed by atoms with Crippen LogP contribution in [0.15, 0.2) is 36.4 Å². The maximum atomic E-state index is 15.2. The molecule has 11 nitrogen and oxygen atoms in total. The van der Waals surface area contributed by atoms with Gasteiger partial charge in [0.1, 0.15) is 6.04 Å². The molecule has 4 amide bonds. The van der Waals surface area contributed by atoms with Gasteiger partial charge in [-0.2, -0.15) is 0 Å². The average molecular weight is 563 g/mol. The number of carbonyl (C=O) groups excluding carboxylic acids is 3. The lowest BCUT2D eigenvalue weighted by atomic mass is 9.82. The Balaban J connectivity index is 1.58. The van der Waals surface area contributed by atoms with E-state index in [4.69, 9.17) is 26.2 Å². The van der Waals surface area contributed by atoms with Crippen LogP contribution in [0, 0.1) is 5.82 Å². The zero-order valence-electron chi connectivity index (χ0n) is 21.3. The van der Waals surface area contributed by atoms with Crippen LogP contribution in [0.25, 0.3) is 0 Å². The zero-order chi connectivity index (χ0) is 28.3. The lowest BCUT2D eigenvalue weighted by Crippen LogP contribution is -2.57. The number of methoxy groups -OCH3 is 1. The normalized spacial score (nSPS) is 19.8. The first-order valence-electron chi connectivity index (χ1n) is 12.2. The third-order valence-corrected chi connectivity index (χ3v) is 7.11. The van der Waals surface area contributed by atoms with E-state index in [-0.39, 0.29) is 46.9 Å². The molecule has 0 unspecified atom stereocenters. The number of rotatable bonds is 7. The number of hydrogen-bond acceptors (Lipinski definition) is 6. The van der Waals surface area contributed by atoms with Gasteiger partial charge >= 0.3 is 12.2 Å². The molecule has 2 aliphatic heterocycles. The van der Waals surface area contributed by atoms with Gasteiger partial charge in [-0.25, -0.2) is 14.0 Å². The Morgan fingerprint density at radius 3 is 2.64 bits per heavy atom. The van der Waals surface area contributed by atoms with Crippen molar-refractivity contribution in [3.8, 4) is 0 Å². The second kappa shape index (κ2) is 11.5. The number of halogens is 2. The van der Waals surface area contributed by atoms with Crippen LogP contribution in [-0.2, 0) is 19.9 Å². The van der Waals surface area contributed by atoms with Crippen LogP contribution < -0.4 is 16.0 Å². The van der Waals surface area contributed by atoms with Crippen LogP contribution in [0.3, 0.4) is 0 Å². The third kappa shape index (κ3) is 6.07. The van der Waals surface area contributed by atoms with Crippen molar-refractivity contribution in [1.29, 1.82) is 0 Å². The molecule has 0 aliphatic carbocycles. The summed E-state index contributed by atoms with van der Waals surface area (Å²) in [6.07, 6.45) is -1.58. The van der Waals surface area contributed by atoms with Gasteiger partial charge in [0.25, 0.3) is 5.91 Å². The highest BCUT2D eigenvalue weighted by molar-refractivity contribution is 6.31. The number of piperidine rings is 1. The first kappa shape index (κ1) is 28.1. The molecule has 208 valence electrons. The van der Waals surface area contributed by atoms with Crippen molar-refractivity contribution in [3.63, 3.8) is 0 Å². The highest BCUT2D eigenvalue weighted by Gasteiger charge is 2.49. The van der Waals surface area contributed by atoms with E-state index in [1.54, 1.807) is 6.92 Å². The largest absolute Gasteiger partial charge is 0.465 e. The Labute approximate surface area is 228 Å². The van der Waals surface area contributed by atoms with Gasteiger partial charge in [0, 0.05) is 31.3 Å². The molecule has 0 bridgehead atoms. The van der Waals surface area contributed by atoms with Crippen molar-refractivity contribution in [3.05, 3.63) is 58.4 Å². The molecule has 1 spiro atoms. The minimum absolute atomic E-state index is 0.0769. The Morgan fingerprint density at radius 1 is 1.26 bits per heavy atom. The summed E-state index contributed by atoms with van der Waals surface area (Å²) in [4.78, 5) is 51.4. The second-order valence-electron chi connectivity index (χ2n) is 9.47. The van der Waals surface area contributed by atoms with Gasteiger partial charge in [0.15, 0.2) is 11.4 Å². The molecule has 4 N–H and O–H groups in total. The molecule has 3 atom stereocenters. The molecule has 2 aromatic rings. The standard InChI is InChI=1S/C26H28ClFN4O7/c1-14(38-2)12-19(30-22(33)15-4-6-16(7-5-15)29-24(35)36)23(34)32-11-3-10-26(13-32)20-18(31-25(37)39-26)9-8-17(27)21(20)28/h4-9,14,19,29H,3,10-13H2,1-2H3,(H,30,33)(H,31,37)(H,35,36)/t14-,19-,26-/m0/s1. The predicted octanol–water partition coefficient (Wildman–Crippen LogP) is 4.17. The topological polar surface area (TPSA) is 146 Å². The summed E-state index contributed by atoms with van der Waals surface area (Å²) >= 11 is 6.04. The fourth-order valence-electron chi connectivity index (χ4n) is 4.90. The number of anilines is 2. The fraction of sp³-hybridized carbons (Fsp3) is 0.385. The summed E-state index contributed by atoms with van der Waals surface area (Å²) in [5.41, 5.74) is -0.659. The van der Waals surface area contributed by atoms with Crippen molar-refractivity contribution in [2.75, 3.05) is 30.8 Å². The SMILES string of the molecule is CO[C@@H](C)C[C@H](NC(=O)c1ccc(NC(=O)O)cc1)C(=O)N1CCC[C@@]2(C1)OC(=O)Nc1ccc(Cl)c(F)c12. The van der Waals surface area contributed by atoms with Gasteiger partial charge < -0.3 is 24.8 Å².